The average Bonchev–Trinajstić information content (AvgIpc) is 3.37. The lowest BCUT2D eigenvalue weighted by Gasteiger charge is -2.17. The van der Waals surface area contributed by atoms with Gasteiger partial charge in [-0.25, -0.2) is 13.2 Å². The molecule has 1 saturated heterocycles. The fourth-order valence-corrected chi connectivity index (χ4v) is 4.36. The predicted molar refractivity (Wildman–Crippen MR) is 111 cm³/mol. The van der Waals surface area contributed by atoms with Crippen molar-refractivity contribution in [2.45, 2.75) is 11.7 Å². The summed E-state index contributed by atoms with van der Waals surface area (Å²) in [4.78, 5) is 26.5. The number of benzene rings is 2. The molecule has 158 valence electrons. The molecule has 0 spiro atoms. The lowest BCUT2D eigenvalue weighted by atomic mass is 10.2. The summed E-state index contributed by atoms with van der Waals surface area (Å²) < 4.78 is 33.9. The molecule has 0 aliphatic carbocycles. The molecule has 2 aliphatic heterocycles. The molecule has 3 amide bonds. The van der Waals surface area contributed by atoms with E-state index in [1.807, 2.05) is 0 Å². The first-order chi connectivity index (χ1) is 14.3. The van der Waals surface area contributed by atoms with Gasteiger partial charge < -0.3 is 25.0 Å². The molecule has 0 radical (unpaired) electrons. The van der Waals surface area contributed by atoms with Crippen molar-refractivity contribution in [3.8, 4) is 11.5 Å². The molecule has 2 heterocycles. The summed E-state index contributed by atoms with van der Waals surface area (Å²) in [5, 5.41) is 5.00. The van der Waals surface area contributed by atoms with Gasteiger partial charge in [0.05, 0.1) is 5.25 Å². The number of hydrogen-bond acceptors (Lipinski definition) is 6. The number of ether oxygens (including phenoxy) is 2. The zero-order chi connectivity index (χ0) is 21.3. The number of carbonyl (C=O) groups is 2. The van der Waals surface area contributed by atoms with Crippen molar-refractivity contribution in [2.24, 2.45) is 0 Å². The second-order valence-electron chi connectivity index (χ2n) is 7.22. The average molecular weight is 431 g/mol. The fraction of sp³-hybridized carbons (Fsp3) is 0.300. The van der Waals surface area contributed by atoms with Crippen molar-refractivity contribution in [2.75, 3.05) is 36.8 Å². The molecule has 9 nitrogen and oxygen atoms in total. The Morgan fingerprint density at radius 2 is 1.77 bits per heavy atom. The van der Waals surface area contributed by atoms with Crippen molar-refractivity contribution in [1.29, 1.82) is 0 Å². The van der Waals surface area contributed by atoms with Crippen LogP contribution in [0.25, 0.3) is 0 Å². The predicted octanol–water partition coefficient (Wildman–Crippen LogP) is 2.32. The number of amides is 3. The van der Waals surface area contributed by atoms with Crippen LogP contribution in [0.15, 0.2) is 42.5 Å². The van der Waals surface area contributed by atoms with E-state index in [9.17, 15) is 18.0 Å². The topological polar surface area (TPSA) is 114 Å². The maximum absolute atomic E-state index is 12.5. The normalized spacial score (nSPS) is 17.6. The highest BCUT2D eigenvalue weighted by Crippen LogP contribution is 2.32. The van der Waals surface area contributed by atoms with Gasteiger partial charge in [-0.1, -0.05) is 6.07 Å². The van der Waals surface area contributed by atoms with Gasteiger partial charge in [0.2, 0.25) is 6.79 Å². The van der Waals surface area contributed by atoms with E-state index in [0.717, 1.165) is 0 Å². The molecule has 0 saturated carbocycles. The van der Waals surface area contributed by atoms with Gasteiger partial charge in [-0.15, -0.1) is 0 Å². The molecular formula is C20H21N3O6S. The van der Waals surface area contributed by atoms with Crippen LogP contribution in [-0.2, 0) is 9.84 Å². The second kappa shape index (κ2) is 7.86. The molecular weight excluding hydrogens is 410 g/mol. The van der Waals surface area contributed by atoms with Gasteiger partial charge in [-0.3, -0.25) is 4.79 Å². The summed E-state index contributed by atoms with van der Waals surface area (Å²) in [7, 11) is -3.18. The lowest BCUT2D eigenvalue weighted by molar-refractivity contribution is 0.102. The number of urea groups is 1. The Balaban J connectivity index is 1.39. The van der Waals surface area contributed by atoms with Crippen LogP contribution in [0.2, 0.25) is 0 Å². The minimum Gasteiger partial charge on any atom is -0.454 e. The zero-order valence-corrected chi connectivity index (χ0v) is 17.1. The molecule has 1 unspecified atom stereocenters. The van der Waals surface area contributed by atoms with Gasteiger partial charge in [0.1, 0.15) is 0 Å². The number of likely N-dealkylation sites (tertiary alicyclic amines) is 1. The molecule has 2 N–H and O–H groups in total. The molecule has 2 aromatic rings. The number of nitrogens with zero attached hydrogens (tertiary/aromatic N) is 1. The smallest absolute Gasteiger partial charge is 0.321 e. The van der Waals surface area contributed by atoms with Crippen molar-refractivity contribution < 1.29 is 27.5 Å². The highest BCUT2D eigenvalue weighted by atomic mass is 32.2. The molecule has 4 rings (SSSR count). The van der Waals surface area contributed by atoms with E-state index in [2.05, 4.69) is 10.6 Å². The molecule has 0 bridgehead atoms. The van der Waals surface area contributed by atoms with Crippen LogP contribution < -0.4 is 20.1 Å². The lowest BCUT2D eigenvalue weighted by Crippen LogP contribution is -2.34. The van der Waals surface area contributed by atoms with Gasteiger partial charge in [-0.05, 0) is 42.8 Å². The van der Waals surface area contributed by atoms with E-state index in [1.165, 1.54) is 11.2 Å². The number of fused-ring (bicyclic) bond motifs is 1. The number of sulfone groups is 1. The highest BCUT2D eigenvalue weighted by molar-refractivity contribution is 7.91. The van der Waals surface area contributed by atoms with Crippen LogP contribution in [0.1, 0.15) is 16.8 Å². The number of rotatable bonds is 4. The van der Waals surface area contributed by atoms with E-state index in [4.69, 9.17) is 9.47 Å². The van der Waals surface area contributed by atoms with Gasteiger partial charge in [0, 0.05) is 36.3 Å². The number of carbonyl (C=O) groups excluding carboxylic acids is 2. The molecule has 2 aromatic carbocycles. The summed E-state index contributed by atoms with van der Waals surface area (Å²) in [5.41, 5.74) is 1.41. The molecule has 1 fully saturated rings. The molecule has 10 heteroatoms. The first-order valence-corrected chi connectivity index (χ1v) is 11.3. The van der Waals surface area contributed by atoms with Crippen LogP contribution in [-0.4, -0.2) is 56.6 Å². The Labute approximate surface area is 173 Å². The minimum absolute atomic E-state index is 0.129. The van der Waals surface area contributed by atoms with Crippen LogP contribution in [0, 0.1) is 0 Å². The van der Waals surface area contributed by atoms with Crippen molar-refractivity contribution in [3.63, 3.8) is 0 Å². The van der Waals surface area contributed by atoms with Crippen LogP contribution in [0.3, 0.4) is 0 Å². The molecule has 0 aromatic heterocycles. The SMILES string of the molecule is CS(=O)(=O)C1CCN(C(=O)Nc2cccc(NC(=O)c3ccc4c(c3)OCO4)c2)C1. The largest absolute Gasteiger partial charge is 0.454 e. The Bertz CT molecular complexity index is 1100. The van der Waals surface area contributed by atoms with E-state index in [-0.39, 0.29) is 25.3 Å². The molecule has 1 atom stereocenters. The van der Waals surface area contributed by atoms with E-state index in [0.29, 0.717) is 41.4 Å². The summed E-state index contributed by atoms with van der Waals surface area (Å²) in [6.45, 7) is 0.680. The maximum atomic E-state index is 12.5. The Hall–Kier alpha value is -3.27. The fourth-order valence-electron chi connectivity index (χ4n) is 3.38. The van der Waals surface area contributed by atoms with Gasteiger partial charge >= 0.3 is 6.03 Å². The van der Waals surface area contributed by atoms with Crippen molar-refractivity contribution in [3.05, 3.63) is 48.0 Å². The maximum Gasteiger partial charge on any atom is 0.321 e. The third-order valence-corrected chi connectivity index (χ3v) is 6.64. The van der Waals surface area contributed by atoms with Crippen LogP contribution in [0.4, 0.5) is 16.2 Å². The summed E-state index contributed by atoms with van der Waals surface area (Å²) >= 11 is 0. The monoisotopic (exact) mass is 431 g/mol. The van der Waals surface area contributed by atoms with Crippen molar-refractivity contribution in [1.82, 2.24) is 4.90 Å². The quantitative estimate of drug-likeness (QED) is 0.768. The van der Waals surface area contributed by atoms with Crippen molar-refractivity contribution >= 4 is 33.2 Å². The summed E-state index contributed by atoms with van der Waals surface area (Å²) in [5.74, 6) is 0.783. The van der Waals surface area contributed by atoms with Crippen LogP contribution >= 0.6 is 0 Å². The minimum atomic E-state index is -3.18. The first kappa shape index (κ1) is 20.0. The number of anilines is 2. The Morgan fingerprint density at radius 3 is 2.50 bits per heavy atom. The van der Waals surface area contributed by atoms with E-state index in [1.54, 1.807) is 42.5 Å². The van der Waals surface area contributed by atoms with E-state index >= 15 is 0 Å². The Kier molecular flexibility index (Phi) is 5.25. The summed E-state index contributed by atoms with van der Waals surface area (Å²) in [6, 6.07) is 11.3. The number of nitrogens with one attached hydrogen (secondary N) is 2. The third kappa shape index (κ3) is 4.33. The molecule has 2 aliphatic rings. The standard InChI is InChI=1S/C20H21N3O6S/c1-30(26,27)16-7-8-23(11-16)20(25)22-15-4-2-3-14(10-15)21-19(24)13-5-6-17-18(9-13)29-12-28-17/h2-6,9-10,16H,7-8,11-12H2,1H3,(H,21,24)(H,22,25). The highest BCUT2D eigenvalue weighted by Gasteiger charge is 2.32. The van der Waals surface area contributed by atoms with Gasteiger partial charge in [-0.2, -0.15) is 0 Å². The Morgan fingerprint density at radius 1 is 1.03 bits per heavy atom. The van der Waals surface area contributed by atoms with E-state index < -0.39 is 15.1 Å². The summed E-state index contributed by atoms with van der Waals surface area (Å²) in [6.07, 6.45) is 1.61. The second-order valence-corrected chi connectivity index (χ2v) is 9.55. The van der Waals surface area contributed by atoms with Gasteiger partial charge in [0.25, 0.3) is 5.91 Å². The third-order valence-electron chi connectivity index (χ3n) is 5.04. The number of hydrogen-bond donors (Lipinski definition) is 2. The van der Waals surface area contributed by atoms with Gasteiger partial charge in [0.15, 0.2) is 21.3 Å². The zero-order valence-electron chi connectivity index (χ0n) is 16.3. The van der Waals surface area contributed by atoms with Crippen LogP contribution in [0.5, 0.6) is 11.5 Å². The first-order valence-electron chi connectivity index (χ1n) is 9.35. The molecule has 30 heavy (non-hydrogen) atoms.